The van der Waals surface area contributed by atoms with Crippen molar-refractivity contribution in [2.24, 2.45) is 11.8 Å². The molecule has 2 aromatic carbocycles. The normalized spacial score (nSPS) is 27.3. The molecule has 2 bridgehead atoms. The molecular formula is C22H27ClN2O3S. The topological polar surface area (TPSA) is 58.6 Å². The van der Waals surface area contributed by atoms with Crippen LogP contribution in [-0.4, -0.2) is 40.6 Å². The number of hydrogen-bond donors (Lipinski definition) is 1. The molecule has 1 saturated heterocycles. The maximum atomic E-state index is 12.3. The predicted molar refractivity (Wildman–Crippen MR) is 114 cm³/mol. The zero-order valence-electron chi connectivity index (χ0n) is 16.8. The van der Waals surface area contributed by atoms with Gasteiger partial charge in [0.25, 0.3) is 0 Å². The monoisotopic (exact) mass is 434 g/mol. The summed E-state index contributed by atoms with van der Waals surface area (Å²) < 4.78 is 33.3. The molecule has 4 rings (SSSR count). The molecule has 0 amide bonds. The Balaban J connectivity index is 1.61. The molecule has 2 fully saturated rings. The first-order valence-corrected chi connectivity index (χ1v) is 11.8. The standard InChI is InChI=1S/C22H27ClN2O3S/c1-24-29(26,27)21-5-3-4-17(12-21)22(28-2)18-8-9-19(22)15-25(14-18)13-16-6-10-20(23)11-7-16/h3-7,10-12,18-19,24H,8-9,13-15H2,1-2H3. The van der Waals surface area contributed by atoms with Crippen molar-refractivity contribution in [2.45, 2.75) is 29.9 Å². The predicted octanol–water partition coefficient (Wildman–Crippen LogP) is 3.63. The molecule has 29 heavy (non-hydrogen) atoms. The molecule has 2 unspecified atom stereocenters. The van der Waals surface area contributed by atoms with E-state index >= 15 is 0 Å². The number of rotatable bonds is 6. The van der Waals surface area contributed by atoms with Crippen LogP contribution in [0.3, 0.4) is 0 Å². The molecule has 1 N–H and O–H groups in total. The highest BCUT2D eigenvalue weighted by Gasteiger charge is 2.55. The second-order valence-corrected chi connectivity index (χ2v) is 10.3. The Hall–Kier alpha value is -1.44. The Labute approximate surface area is 178 Å². The van der Waals surface area contributed by atoms with Crippen molar-refractivity contribution in [3.63, 3.8) is 0 Å². The number of methoxy groups -OCH3 is 1. The molecule has 2 aliphatic rings. The van der Waals surface area contributed by atoms with Crippen molar-refractivity contribution >= 4 is 21.6 Å². The van der Waals surface area contributed by atoms with Crippen molar-refractivity contribution < 1.29 is 13.2 Å². The highest BCUT2D eigenvalue weighted by atomic mass is 35.5. The Bertz CT molecular complexity index is 964. The molecule has 1 aliphatic heterocycles. The average Bonchev–Trinajstić information content (AvgIpc) is 2.93. The van der Waals surface area contributed by atoms with Gasteiger partial charge in [-0.15, -0.1) is 0 Å². The van der Waals surface area contributed by atoms with E-state index in [-0.39, 0.29) is 4.90 Å². The lowest BCUT2D eigenvalue weighted by molar-refractivity contribution is -0.120. The van der Waals surface area contributed by atoms with Gasteiger partial charge in [-0.2, -0.15) is 0 Å². The van der Waals surface area contributed by atoms with Crippen molar-refractivity contribution in [3.8, 4) is 0 Å². The van der Waals surface area contributed by atoms with Crippen LogP contribution in [0.5, 0.6) is 0 Å². The van der Waals surface area contributed by atoms with Crippen molar-refractivity contribution in [1.29, 1.82) is 0 Å². The van der Waals surface area contributed by atoms with E-state index in [4.69, 9.17) is 16.3 Å². The van der Waals surface area contributed by atoms with Crippen molar-refractivity contribution in [3.05, 3.63) is 64.7 Å². The van der Waals surface area contributed by atoms with Gasteiger partial charge in [-0.3, -0.25) is 4.90 Å². The molecule has 156 valence electrons. The number of fused-ring (bicyclic) bond motifs is 2. The van der Waals surface area contributed by atoms with Gasteiger partial charge in [-0.25, -0.2) is 13.1 Å². The number of ether oxygens (including phenoxy) is 1. The van der Waals surface area contributed by atoms with Crippen molar-refractivity contribution in [2.75, 3.05) is 27.2 Å². The van der Waals surface area contributed by atoms with E-state index in [2.05, 4.69) is 21.8 Å². The lowest BCUT2D eigenvalue weighted by Crippen LogP contribution is -2.52. The number of piperidine rings is 1. The molecule has 1 heterocycles. The summed E-state index contributed by atoms with van der Waals surface area (Å²) in [5.74, 6) is 0.650. The second-order valence-electron chi connectivity index (χ2n) is 8.02. The van der Waals surface area contributed by atoms with E-state index < -0.39 is 15.6 Å². The van der Waals surface area contributed by atoms with Gasteiger partial charge in [0.15, 0.2) is 0 Å². The first kappa shape index (κ1) is 20.8. The van der Waals surface area contributed by atoms with Crippen LogP contribution in [0.2, 0.25) is 5.02 Å². The number of likely N-dealkylation sites (tertiary alicyclic amines) is 1. The number of nitrogens with zero attached hydrogens (tertiary/aromatic N) is 1. The summed E-state index contributed by atoms with van der Waals surface area (Å²) >= 11 is 6.01. The zero-order chi connectivity index (χ0) is 20.6. The van der Waals surface area contributed by atoms with E-state index in [1.54, 1.807) is 19.2 Å². The fourth-order valence-corrected chi connectivity index (χ4v) is 6.14. The minimum atomic E-state index is -3.49. The molecule has 0 spiro atoms. The van der Waals surface area contributed by atoms with Crippen LogP contribution in [0, 0.1) is 11.8 Å². The minimum absolute atomic E-state index is 0.289. The molecule has 0 radical (unpaired) electrons. The molecule has 2 atom stereocenters. The second kappa shape index (κ2) is 8.00. The highest BCUT2D eigenvalue weighted by molar-refractivity contribution is 7.89. The smallest absolute Gasteiger partial charge is 0.240 e. The summed E-state index contributed by atoms with van der Waals surface area (Å²) in [7, 11) is -0.290. The largest absolute Gasteiger partial charge is 0.373 e. The van der Waals surface area contributed by atoms with E-state index in [9.17, 15) is 8.42 Å². The van der Waals surface area contributed by atoms with Gasteiger partial charge < -0.3 is 4.74 Å². The summed E-state index contributed by atoms with van der Waals surface area (Å²) in [6, 6.07) is 15.3. The number of halogens is 1. The number of sulfonamides is 1. The van der Waals surface area contributed by atoms with Crippen LogP contribution in [0.15, 0.2) is 53.4 Å². The molecule has 7 heteroatoms. The van der Waals surface area contributed by atoms with E-state index in [0.29, 0.717) is 11.8 Å². The molecule has 5 nitrogen and oxygen atoms in total. The molecule has 0 aromatic heterocycles. The average molecular weight is 435 g/mol. The van der Waals surface area contributed by atoms with E-state index in [1.807, 2.05) is 24.3 Å². The number of hydrogen-bond acceptors (Lipinski definition) is 4. The zero-order valence-corrected chi connectivity index (χ0v) is 18.3. The van der Waals surface area contributed by atoms with Gasteiger partial charge in [0.2, 0.25) is 10.0 Å². The molecule has 1 aliphatic carbocycles. The van der Waals surface area contributed by atoms with Gasteiger partial charge in [0, 0.05) is 43.6 Å². The van der Waals surface area contributed by atoms with Crippen LogP contribution in [-0.2, 0) is 26.9 Å². The summed E-state index contributed by atoms with van der Waals surface area (Å²) in [4.78, 5) is 2.77. The minimum Gasteiger partial charge on any atom is -0.373 e. The summed E-state index contributed by atoms with van der Waals surface area (Å²) in [6.45, 7) is 2.74. The Morgan fingerprint density at radius 2 is 1.79 bits per heavy atom. The number of nitrogens with one attached hydrogen (secondary N) is 1. The molecule has 1 saturated carbocycles. The fourth-order valence-electron chi connectivity index (χ4n) is 5.24. The van der Waals surface area contributed by atoms with Gasteiger partial charge in [0.05, 0.1) is 4.90 Å². The van der Waals surface area contributed by atoms with Crippen LogP contribution in [0.1, 0.15) is 24.0 Å². The van der Waals surface area contributed by atoms with Crippen LogP contribution in [0.25, 0.3) is 0 Å². The van der Waals surface area contributed by atoms with E-state index in [1.165, 1.54) is 12.6 Å². The quantitative estimate of drug-likeness (QED) is 0.754. The fraction of sp³-hybridized carbons (Fsp3) is 0.455. The van der Waals surface area contributed by atoms with E-state index in [0.717, 1.165) is 43.1 Å². The third-order valence-electron chi connectivity index (χ3n) is 6.56. The molecular weight excluding hydrogens is 408 g/mol. The SMILES string of the molecule is CNS(=O)(=O)c1cccc(C2(OC)C3CCC2CN(Cc2ccc(Cl)cc2)C3)c1. The first-order valence-electron chi connectivity index (χ1n) is 9.95. The summed E-state index contributed by atoms with van der Waals surface area (Å²) in [5, 5.41) is 0.752. The van der Waals surface area contributed by atoms with Gasteiger partial charge in [-0.05, 0) is 55.3 Å². The van der Waals surface area contributed by atoms with Gasteiger partial charge >= 0.3 is 0 Å². The summed E-state index contributed by atoms with van der Waals surface area (Å²) in [5.41, 5.74) is 1.78. The van der Waals surface area contributed by atoms with Crippen LogP contribution < -0.4 is 4.72 Å². The van der Waals surface area contributed by atoms with Crippen LogP contribution in [0.4, 0.5) is 0 Å². The lowest BCUT2D eigenvalue weighted by Gasteiger charge is -2.47. The highest BCUT2D eigenvalue weighted by Crippen LogP contribution is 2.53. The Morgan fingerprint density at radius 3 is 2.38 bits per heavy atom. The third-order valence-corrected chi connectivity index (χ3v) is 8.22. The molecule has 2 aromatic rings. The van der Waals surface area contributed by atoms with Crippen LogP contribution >= 0.6 is 11.6 Å². The van der Waals surface area contributed by atoms with Crippen molar-refractivity contribution in [1.82, 2.24) is 9.62 Å². The maximum absolute atomic E-state index is 12.3. The summed E-state index contributed by atoms with van der Waals surface area (Å²) in [6.07, 6.45) is 2.16. The maximum Gasteiger partial charge on any atom is 0.240 e. The lowest BCUT2D eigenvalue weighted by atomic mass is 9.75. The van der Waals surface area contributed by atoms with Gasteiger partial charge in [-0.1, -0.05) is 35.9 Å². The van der Waals surface area contributed by atoms with Gasteiger partial charge in [0.1, 0.15) is 5.60 Å². The Morgan fingerprint density at radius 1 is 1.14 bits per heavy atom. The third kappa shape index (κ3) is 3.73. The Kier molecular flexibility index (Phi) is 5.75. The first-order chi connectivity index (χ1) is 13.9. The number of benzene rings is 2.